The molecule has 0 aliphatic heterocycles. The van der Waals surface area contributed by atoms with Gasteiger partial charge in [-0.15, -0.1) is 0 Å². The van der Waals surface area contributed by atoms with Crippen molar-refractivity contribution in [1.82, 2.24) is 4.90 Å². The Morgan fingerprint density at radius 2 is 2.06 bits per heavy atom. The first-order valence-corrected chi connectivity index (χ1v) is 5.27. The molecular weight excluding hydrogens is 210 g/mol. The molecule has 5 heteroatoms. The maximum Gasteiger partial charge on any atom is 0.225 e. The second kappa shape index (κ2) is 5.25. The van der Waals surface area contributed by atoms with E-state index in [9.17, 15) is 15.0 Å². The van der Waals surface area contributed by atoms with Crippen molar-refractivity contribution in [2.75, 3.05) is 19.7 Å². The number of ketones is 1. The number of allylic oxidation sites excluding steroid dienone is 2. The lowest BCUT2D eigenvalue weighted by Gasteiger charge is -2.34. The number of carbonyl (C=O) groups is 1. The summed E-state index contributed by atoms with van der Waals surface area (Å²) in [5.41, 5.74) is 0.121. The van der Waals surface area contributed by atoms with Gasteiger partial charge in [-0.2, -0.15) is 0 Å². The monoisotopic (exact) mass is 227 g/mol. The Balaban J connectivity index is 2.92. The second-order valence-electron chi connectivity index (χ2n) is 3.70. The zero-order chi connectivity index (χ0) is 12.2. The molecule has 0 atom stereocenters. The topological polar surface area (TPSA) is 81.0 Å². The number of nitrogens with zero attached hydrogens (tertiary/aromatic N) is 1. The van der Waals surface area contributed by atoms with Gasteiger partial charge in [0.05, 0.1) is 12.3 Å². The fraction of sp³-hybridized carbons (Fsp3) is 0.545. The summed E-state index contributed by atoms with van der Waals surface area (Å²) in [6.07, 6.45) is 4.13. The summed E-state index contributed by atoms with van der Waals surface area (Å²) in [7, 11) is 0. The molecule has 0 unspecified atom stereocenters. The number of aliphatic hydroxyl groups is 3. The van der Waals surface area contributed by atoms with E-state index < -0.39 is 5.79 Å². The third-order valence-electron chi connectivity index (χ3n) is 2.34. The van der Waals surface area contributed by atoms with Crippen LogP contribution in [0.15, 0.2) is 23.9 Å². The predicted octanol–water partition coefficient (Wildman–Crippen LogP) is -0.606. The molecule has 0 saturated carbocycles. The van der Waals surface area contributed by atoms with Crippen LogP contribution in [0.25, 0.3) is 0 Å². The molecule has 0 aromatic rings. The van der Waals surface area contributed by atoms with Crippen molar-refractivity contribution in [3.63, 3.8) is 0 Å². The molecule has 1 rings (SSSR count). The van der Waals surface area contributed by atoms with E-state index in [1.807, 2.05) is 6.92 Å². The Labute approximate surface area is 94.3 Å². The average molecular weight is 227 g/mol. The fourth-order valence-electron chi connectivity index (χ4n) is 1.64. The molecule has 0 aromatic carbocycles. The molecule has 0 aromatic heterocycles. The van der Waals surface area contributed by atoms with Crippen LogP contribution in [0.3, 0.4) is 0 Å². The summed E-state index contributed by atoms with van der Waals surface area (Å²) < 4.78 is 0. The van der Waals surface area contributed by atoms with Gasteiger partial charge < -0.3 is 20.2 Å². The molecule has 0 radical (unpaired) electrons. The van der Waals surface area contributed by atoms with Crippen molar-refractivity contribution in [2.45, 2.75) is 19.1 Å². The Kier molecular flexibility index (Phi) is 4.23. The first-order valence-electron chi connectivity index (χ1n) is 5.27. The quantitative estimate of drug-likeness (QED) is 0.546. The lowest BCUT2D eigenvalue weighted by Crippen LogP contribution is -2.42. The number of hydrogen-bond acceptors (Lipinski definition) is 5. The van der Waals surface area contributed by atoms with Gasteiger partial charge in [0.1, 0.15) is 0 Å². The Hall–Kier alpha value is -1.17. The van der Waals surface area contributed by atoms with Crippen LogP contribution in [0.2, 0.25) is 0 Å². The van der Waals surface area contributed by atoms with E-state index in [-0.39, 0.29) is 24.6 Å². The van der Waals surface area contributed by atoms with Gasteiger partial charge in [-0.05, 0) is 18.6 Å². The highest BCUT2D eigenvalue weighted by molar-refractivity contribution is 6.01. The van der Waals surface area contributed by atoms with E-state index in [1.54, 1.807) is 4.90 Å². The predicted molar refractivity (Wildman–Crippen MR) is 58.3 cm³/mol. The summed E-state index contributed by atoms with van der Waals surface area (Å²) in [4.78, 5) is 12.8. The standard InChI is InChI=1S/C11H17NO4/c1-2-5-12(6-7-13)10-8-9(14)3-4-11(10,15)16/h3-4,8,13,15-16H,2,5-7H2,1H3. The lowest BCUT2D eigenvalue weighted by atomic mass is 10.0. The summed E-state index contributed by atoms with van der Waals surface area (Å²) in [6.45, 7) is 2.65. The summed E-state index contributed by atoms with van der Waals surface area (Å²) in [6, 6.07) is 0. The highest BCUT2D eigenvalue weighted by Gasteiger charge is 2.32. The number of carbonyl (C=O) groups excluding carboxylic acids is 1. The minimum atomic E-state index is -2.13. The molecule has 16 heavy (non-hydrogen) atoms. The second-order valence-corrected chi connectivity index (χ2v) is 3.70. The summed E-state index contributed by atoms with van der Waals surface area (Å²) >= 11 is 0. The van der Waals surface area contributed by atoms with Gasteiger partial charge in [-0.1, -0.05) is 6.92 Å². The van der Waals surface area contributed by atoms with Gasteiger partial charge in [-0.25, -0.2) is 0 Å². The maximum atomic E-state index is 11.2. The van der Waals surface area contributed by atoms with E-state index in [1.165, 1.54) is 6.08 Å². The molecule has 0 amide bonds. The van der Waals surface area contributed by atoms with Gasteiger partial charge in [-0.3, -0.25) is 4.79 Å². The van der Waals surface area contributed by atoms with Crippen molar-refractivity contribution in [3.8, 4) is 0 Å². The summed E-state index contributed by atoms with van der Waals surface area (Å²) in [5.74, 6) is -2.41. The van der Waals surface area contributed by atoms with Crippen LogP contribution in [-0.4, -0.2) is 51.5 Å². The lowest BCUT2D eigenvalue weighted by molar-refractivity contribution is -0.118. The van der Waals surface area contributed by atoms with E-state index in [0.717, 1.165) is 18.6 Å². The molecule has 3 N–H and O–H groups in total. The molecule has 0 heterocycles. The van der Waals surface area contributed by atoms with Crippen LogP contribution in [0, 0.1) is 0 Å². The largest absolute Gasteiger partial charge is 0.395 e. The van der Waals surface area contributed by atoms with Crippen LogP contribution in [0.1, 0.15) is 13.3 Å². The maximum absolute atomic E-state index is 11.2. The highest BCUT2D eigenvalue weighted by Crippen LogP contribution is 2.23. The van der Waals surface area contributed by atoms with E-state index in [2.05, 4.69) is 0 Å². The molecule has 0 bridgehead atoms. The first kappa shape index (κ1) is 12.9. The normalized spacial score (nSPS) is 18.5. The van der Waals surface area contributed by atoms with E-state index in [4.69, 9.17) is 5.11 Å². The van der Waals surface area contributed by atoms with Crippen molar-refractivity contribution < 1.29 is 20.1 Å². The molecule has 0 fully saturated rings. The molecule has 1 aliphatic carbocycles. The van der Waals surface area contributed by atoms with Crippen LogP contribution >= 0.6 is 0 Å². The molecule has 0 spiro atoms. The van der Waals surface area contributed by atoms with Crippen LogP contribution in [-0.2, 0) is 4.79 Å². The number of rotatable bonds is 5. The zero-order valence-electron chi connectivity index (χ0n) is 9.26. The van der Waals surface area contributed by atoms with Gasteiger partial charge >= 0.3 is 0 Å². The van der Waals surface area contributed by atoms with Gasteiger partial charge in [0, 0.05) is 19.2 Å². The Morgan fingerprint density at radius 1 is 1.38 bits per heavy atom. The summed E-state index contributed by atoms with van der Waals surface area (Å²) in [5, 5.41) is 28.3. The minimum absolute atomic E-state index is 0.106. The smallest absolute Gasteiger partial charge is 0.225 e. The van der Waals surface area contributed by atoms with Crippen LogP contribution in [0.4, 0.5) is 0 Å². The first-order chi connectivity index (χ1) is 7.51. The van der Waals surface area contributed by atoms with Gasteiger partial charge in [0.2, 0.25) is 5.79 Å². The van der Waals surface area contributed by atoms with Crippen LogP contribution in [0.5, 0.6) is 0 Å². The average Bonchev–Trinajstić information content (AvgIpc) is 2.22. The third-order valence-corrected chi connectivity index (χ3v) is 2.34. The van der Waals surface area contributed by atoms with Crippen LogP contribution < -0.4 is 0 Å². The fourth-order valence-corrected chi connectivity index (χ4v) is 1.64. The van der Waals surface area contributed by atoms with Crippen molar-refractivity contribution in [2.24, 2.45) is 0 Å². The number of hydrogen-bond donors (Lipinski definition) is 3. The van der Waals surface area contributed by atoms with Crippen molar-refractivity contribution >= 4 is 5.78 Å². The van der Waals surface area contributed by atoms with E-state index >= 15 is 0 Å². The van der Waals surface area contributed by atoms with Crippen molar-refractivity contribution in [1.29, 1.82) is 0 Å². The van der Waals surface area contributed by atoms with Crippen molar-refractivity contribution in [3.05, 3.63) is 23.9 Å². The molecular formula is C11H17NO4. The molecule has 1 aliphatic rings. The Morgan fingerprint density at radius 3 is 2.62 bits per heavy atom. The molecule has 0 saturated heterocycles. The third kappa shape index (κ3) is 2.91. The number of aliphatic hydroxyl groups excluding tert-OH is 1. The zero-order valence-corrected chi connectivity index (χ0v) is 9.26. The van der Waals surface area contributed by atoms with Gasteiger partial charge in [0.25, 0.3) is 0 Å². The molecule has 5 nitrogen and oxygen atoms in total. The van der Waals surface area contributed by atoms with E-state index in [0.29, 0.717) is 6.54 Å². The minimum Gasteiger partial charge on any atom is -0.395 e. The highest BCUT2D eigenvalue weighted by atomic mass is 16.5. The molecule has 90 valence electrons. The van der Waals surface area contributed by atoms with Gasteiger partial charge in [0.15, 0.2) is 5.78 Å². The SMILES string of the molecule is CCCN(CCO)C1=CC(=O)C=CC1(O)O. The Bertz CT molecular complexity index is 314.